The van der Waals surface area contributed by atoms with Crippen molar-refractivity contribution in [3.8, 4) is 11.5 Å². The Labute approximate surface area is 157 Å². The van der Waals surface area contributed by atoms with Crippen LogP contribution in [0.1, 0.15) is 30.4 Å². The molecule has 3 rings (SSSR count). The molecule has 1 aliphatic carbocycles. The van der Waals surface area contributed by atoms with Gasteiger partial charge in [0.1, 0.15) is 23.1 Å². The van der Waals surface area contributed by atoms with Gasteiger partial charge < -0.3 is 14.4 Å². The number of methoxy groups -OCH3 is 2. The third kappa shape index (κ3) is 4.96. The zero-order valence-corrected chi connectivity index (χ0v) is 15.5. The maximum Gasteiger partial charge on any atom is 0.223 e. The van der Waals surface area contributed by atoms with Crippen LogP contribution in [0.3, 0.4) is 0 Å². The second-order valence-electron chi connectivity index (χ2n) is 6.71. The van der Waals surface area contributed by atoms with Crippen molar-refractivity contribution in [3.63, 3.8) is 0 Å². The number of hydrogen-bond acceptors (Lipinski definition) is 3. The molecular formula is C21H23F2NO3. The van der Waals surface area contributed by atoms with Gasteiger partial charge in [-0.1, -0.05) is 6.07 Å². The minimum absolute atomic E-state index is 0.0389. The molecule has 0 unspecified atom stereocenters. The quantitative estimate of drug-likeness (QED) is 0.697. The second kappa shape index (κ2) is 8.37. The molecule has 0 bridgehead atoms. The van der Waals surface area contributed by atoms with Crippen molar-refractivity contribution in [2.45, 2.75) is 38.3 Å². The monoisotopic (exact) mass is 375 g/mol. The van der Waals surface area contributed by atoms with Gasteiger partial charge in [-0.2, -0.15) is 0 Å². The summed E-state index contributed by atoms with van der Waals surface area (Å²) in [5.74, 6) is 0.0648. The minimum Gasteiger partial charge on any atom is -0.497 e. The van der Waals surface area contributed by atoms with Gasteiger partial charge >= 0.3 is 0 Å². The van der Waals surface area contributed by atoms with Crippen molar-refractivity contribution < 1.29 is 23.0 Å². The van der Waals surface area contributed by atoms with E-state index in [4.69, 9.17) is 9.47 Å². The molecule has 0 N–H and O–H groups in total. The fraction of sp³-hybridized carbons (Fsp3) is 0.381. The molecule has 27 heavy (non-hydrogen) atoms. The maximum atomic E-state index is 14.0. The van der Waals surface area contributed by atoms with Crippen LogP contribution in [0.4, 0.5) is 8.78 Å². The number of rotatable bonds is 8. The first-order valence-electron chi connectivity index (χ1n) is 8.95. The lowest BCUT2D eigenvalue weighted by molar-refractivity contribution is -0.132. The van der Waals surface area contributed by atoms with Gasteiger partial charge in [0.15, 0.2) is 0 Å². The topological polar surface area (TPSA) is 38.8 Å². The van der Waals surface area contributed by atoms with E-state index in [1.54, 1.807) is 25.2 Å². The van der Waals surface area contributed by atoms with Crippen LogP contribution >= 0.6 is 0 Å². The second-order valence-corrected chi connectivity index (χ2v) is 6.71. The van der Waals surface area contributed by atoms with Crippen LogP contribution in [0.15, 0.2) is 36.4 Å². The van der Waals surface area contributed by atoms with Crippen LogP contribution in [0.25, 0.3) is 0 Å². The molecule has 0 radical (unpaired) electrons. The highest BCUT2D eigenvalue weighted by molar-refractivity contribution is 5.77. The molecule has 0 atom stereocenters. The van der Waals surface area contributed by atoms with E-state index >= 15 is 0 Å². The van der Waals surface area contributed by atoms with E-state index in [1.165, 1.54) is 12.1 Å². The van der Waals surface area contributed by atoms with Gasteiger partial charge in [0, 0.05) is 36.7 Å². The summed E-state index contributed by atoms with van der Waals surface area (Å²) in [6, 6.07) is 9.14. The number of benzene rings is 2. The molecule has 144 valence electrons. The standard InChI is InChI=1S/C21H23F2NO3/c1-26-18-9-14(10-19(12-18)27-2)3-8-21(25)24(17-6-7-17)13-15-4-5-16(22)11-20(15)23/h4-5,9-12,17H,3,6-8,13H2,1-2H3. The predicted molar refractivity (Wildman–Crippen MR) is 97.8 cm³/mol. The number of hydrogen-bond donors (Lipinski definition) is 0. The van der Waals surface area contributed by atoms with Gasteiger partial charge in [0.05, 0.1) is 14.2 Å². The van der Waals surface area contributed by atoms with Crippen LogP contribution in [0.5, 0.6) is 11.5 Å². The Kier molecular flexibility index (Phi) is 5.94. The molecule has 0 aromatic heterocycles. The SMILES string of the molecule is COc1cc(CCC(=O)N(Cc2ccc(F)cc2F)C2CC2)cc(OC)c1. The largest absolute Gasteiger partial charge is 0.497 e. The predicted octanol–water partition coefficient (Wildman–Crippen LogP) is 4.11. The van der Waals surface area contributed by atoms with E-state index in [-0.39, 0.29) is 18.5 Å². The first-order chi connectivity index (χ1) is 13.0. The van der Waals surface area contributed by atoms with E-state index in [0.29, 0.717) is 29.9 Å². The lowest BCUT2D eigenvalue weighted by atomic mass is 10.1. The van der Waals surface area contributed by atoms with Gasteiger partial charge in [0.2, 0.25) is 5.91 Å². The van der Waals surface area contributed by atoms with Gasteiger partial charge in [-0.15, -0.1) is 0 Å². The minimum atomic E-state index is -0.619. The molecule has 1 saturated carbocycles. The van der Waals surface area contributed by atoms with Gasteiger partial charge in [-0.05, 0) is 43.0 Å². The van der Waals surface area contributed by atoms with Crippen molar-refractivity contribution in [1.29, 1.82) is 0 Å². The Morgan fingerprint density at radius 1 is 1.07 bits per heavy atom. The summed E-state index contributed by atoms with van der Waals surface area (Å²) in [5, 5.41) is 0. The molecule has 1 fully saturated rings. The molecule has 1 amide bonds. The summed E-state index contributed by atoms with van der Waals surface area (Å²) in [7, 11) is 3.16. The van der Waals surface area contributed by atoms with Crippen LogP contribution in [-0.2, 0) is 17.8 Å². The van der Waals surface area contributed by atoms with Crippen molar-refractivity contribution in [2.24, 2.45) is 0 Å². The van der Waals surface area contributed by atoms with E-state index in [9.17, 15) is 13.6 Å². The normalized spacial score (nSPS) is 13.3. The molecule has 1 aliphatic rings. The third-order valence-corrected chi connectivity index (χ3v) is 4.70. The molecule has 4 nitrogen and oxygen atoms in total. The average molecular weight is 375 g/mol. The summed E-state index contributed by atoms with van der Waals surface area (Å²) in [4.78, 5) is 14.5. The summed E-state index contributed by atoms with van der Waals surface area (Å²) in [6.07, 6.45) is 2.67. The fourth-order valence-corrected chi connectivity index (χ4v) is 3.05. The Morgan fingerprint density at radius 3 is 2.30 bits per heavy atom. The van der Waals surface area contributed by atoms with Gasteiger partial charge in [-0.3, -0.25) is 4.79 Å². The first-order valence-corrected chi connectivity index (χ1v) is 8.95. The van der Waals surface area contributed by atoms with Crippen LogP contribution in [-0.4, -0.2) is 31.1 Å². The van der Waals surface area contributed by atoms with E-state index in [1.807, 2.05) is 12.1 Å². The number of nitrogens with zero attached hydrogens (tertiary/aromatic N) is 1. The number of carbonyl (C=O) groups excluding carboxylic acids is 1. The lowest BCUT2D eigenvalue weighted by Gasteiger charge is -2.23. The Balaban J connectivity index is 1.67. The molecule has 2 aromatic carbocycles. The highest BCUT2D eigenvalue weighted by Gasteiger charge is 2.32. The van der Waals surface area contributed by atoms with Crippen molar-refractivity contribution in [3.05, 3.63) is 59.2 Å². The number of halogens is 2. The van der Waals surface area contributed by atoms with Crippen molar-refractivity contribution >= 4 is 5.91 Å². The smallest absolute Gasteiger partial charge is 0.223 e. The summed E-state index contributed by atoms with van der Waals surface area (Å²) < 4.78 is 37.6. The van der Waals surface area contributed by atoms with Crippen LogP contribution in [0.2, 0.25) is 0 Å². The summed E-state index contributed by atoms with van der Waals surface area (Å²) in [5.41, 5.74) is 1.27. The fourth-order valence-electron chi connectivity index (χ4n) is 3.05. The molecule has 0 saturated heterocycles. The van der Waals surface area contributed by atoms with Crippen LogP contribution < -0.4 is 9.47 Å². The molecule has 2 aromatic rings. The Hall–Kier alpha value is -2.63. The van der Waals surface area contributed by atoms with E-state index in [0.717, 1.165) is 24.5 Å². The first kappa shape index (κ1) is 19.1. The molecule has 6 heteroatoms. The van der Waals surface area contributed by atoms with E-state index < -0.39 is 11.6 Å². The highest BCUT2D eigenvalue weighted by atomic mass is 19.1. The highest BCUT2D eigenvalue weighted by Crippen LogP contribution is 2.30. The average Bonchev–Trinajstić information content (AvgIpc) is 3.50. The molecular weight excluding hydrogens is 352 g/mol. The van der Waals surface area contributed by atoms with E-state index in [2.05, 4.69) is 0 Å². The van der Waals surface area contributed by atoms with Gasteiger partial charge in [-0.25, -0.2) is 8.78 Å². The zero-order valence-electron chi connectivity index (χ0n) is 15.5. The molecule has 0 aliphatic heterocycles. The van der Waals surface area contributed by atoms with Crippen LogP contribution in [0, 0.1) is 11.6 Å². The molecule has 0 heterocycles. The summed E-state index contributed by atoms with van der Waals surface area (Å²) >= 11 is 0. The Morgan fingerprint density at radius 2 is 1.74 bits per heavy atom. The number of ether oxygens (including phenoxy) is 2. The maximum absolute atomic E-state index is 14.0. The summed E-state index contributed by atoms with van der Waals surface area (Å²) in [6.45, 7) is 0.164. The Bertz CT molecular complexity index is 799. The van der Waals surface area contributed by atoms with Crippen molar-refractivity contribution in [1.82, 2.24) is 4.90 Å². The number of aryl methyl sites for hydroxylation is 1. The lowest BCUT2D eigenvalue weighted by Crippen LogP contribution is -2.33. The number of amides is 1. The van der Waals surface area contributed by atoms with Crippen molar-refractivity contribution in [2.75, 3.05) is 14.2 Å². The zero-order chi connectivity index (χ0) is 19.4. The third-order valence-electron chi connectivity index (χ3n) is 4.70. The van der Waals surface area contributed by atoms with Gasteiger partial charge in [0.25, 0.3) is 0 Å². The number of carbonyl (C=O) groups is 1. The molecule has 0 spiro atoms.